The summed E-state index contributed by atoms with van der Waals surface area (Å²) in [5.41, 5.74) is 4.86. The molecular weight excluding hydrogens is 769 g/mol. The number of pyridine rings is 1. The van der Waals surface area contributed by atoms with E-state index in [1.54, 1.807) is 31.5 Å². The van der Waals surface area contributed by atoms with Crippen LogP contribution in [0.15, 0.2) is 67.0 Å². The molecule has 2 aliphatic heterocycles. The second-order valence-corrected chi connectivity index (χ2v) is 16.0. The van der Waals surface area contributed by atoms with E-state index in [0.717, 1.165) is 53.7 Å². The summed E-state index contributed by atoms with van der Waals surface area (Å²) in [5, 5.41) is 52.3. The van der Waals surface area contributed by atoms with Crippen molar-refractivity contribution in [2.24, 2.45) is 0 Å². The zero-order valence-electron chi connectivity index (χ0n) is 32.5. The standard InChI is InChI=1S/C43H53Cl2N5O7/c1-28-30(6-3-7-35(28)36-8-4-9-38(41(36)45)55-15-5-12-49-13-10-33(53)22-49)25-57-40-18-39(31(17-37(40)44)21-48-43(2,26-51)27-52)56-24-29-16-32(20-47-19-29)42(46)50-14-11-34(54)23-50/h3-4,6-9,16-20,33-34,46,48,51-54H,5,10-15,21-27H2,1-2H3/t33-,34-/m1/s1. The number of aromatic nitrogens is 1. The van der Waals surface area contributed by atoms with Crippen molar-refractivity contribution in [3.05, 3.63) is 105 Å². The second-order valence-electron chi connectivity index (χ2n) is 15.2. The average molecular weight is 823 g/mol. The van der Waals surface area contributed by atoms with Crippen molar-refractivity contribution in [1.82, 2.24) is 20.1 Å². The molecule has 2 fully saturated rings. The molecule has 0 aliphatic carbocycles. The molecule has 4 aromatic rings. The number of nitrogens with zero attached hydrogens (tertiary/aromatic N) is 3. The number of rotatable bonds is 18. The Balaban J connectivity index is 1.16. The van der Waals surface area contributed by atoms with E-state index >= 15 is 0 Å². The van der Waals surface area contributed by atoms with Gasteiger partial charge in [-0.05, 0) is 68.0 Å². The van der Waals surface area contributed by atoms with Crippen LogP contribution in [-0.2, 0) is 19.8 Å². The molecule has 0 saturated carbocycles. The normalized spacial score (nSPS) is 17.3. The maximum Gasteiger partial charge on any atom is 0.142 e. The van der Waals surface area contributed by atoms with Gasteiger partial charge in [0.25, 0.3) is 0 Å². The average Bonchev–Trinajstić information content (AvgIpc) is 3.85. The van der Waals surface area contributed by atoms with Gasteiger partial charge in [-0.3, -0.25) is 10.4 Å². The van der Waals surface area contributed by atoms with Crippen LogP contribution >= 0.6 is 23.2 Å². The Kier molecular flexibility index (Phi) is 14.7. The van der Waals surface area contributed by atoms with Gasteiger partial charge in [0.15, 0.2) is 0 Å². The third-order valence-corrected chi connectivity index (χ3v) is 11.4. The summed E-state index contributed by atoms with van der Waals surface area (Å²) in [6.07, 6.45) is 4.90. The molecule has 6 rings (SSSR count). The third kappa shape index (κ3) is 11.0. The molecule has 57 heavy (non-hydrogen) atoms. The van der Waals surface area contributed by atoms with Crippen molar-refractivity contribution >= 4 is 29.0 Å². The van der Waals surface area contributed by atoms with Crippen molar-refractivity contribution in [3.8, 4) is 28.4 Å². The van der Waals surface area contributed by atoms with Gasteiger partial charge in [0.1, 0.15) is 36.3 Å². The molecule has 1 aromatic heterocycles. The van der Waals surface area contributed by atoms with Crippen LogP contribution in [0.3, 0.4) is 0 Å². The monoisotopic (exact) mass is 821 g/mol. The molecule has 3 aromatic carbocycles. The van der Waals surface area contributed by atoms with E-state index in [-0.39, 0.29) is 39.1 Å². The highest BCUT2D eigenvalue weighted by Gasteiger charge is 2.25. The Morgan fingerprint density at radius 2 is 1.61 bits per heavy atom. The van der Waals surface area contributed by atoms with Crippen LogP contribution in [0.4, 0.5) is 0 Å². The van der Waals surface area contributed by atoms with Gasteiger partial charge in [-0.15, -0.1) is 0 Å². The molecular formula is C43H53Cl2N5O7. The number of ether oxygens (including phenoxy) is 3. The lowest BCUT2D eigenvalue weighted by molar-refractivity contribution is 0.103. The molecule has 0 bridgehead atoms. The Bertz CT molecular complexity index is 2000. The van der Waals surface area contributed by atoms with E-state index in [1.807, 2.05) is 54.3 Å². The van der Waals surface area contributed by atoms with Crippen LogP contribution < -0.4 is 19.5 Å². The predicted molar refractivity (Wildman–Crippen MR) is 222 cm³/mol. The minimum atomic E-state index is -0.934. The minimum absolute atomic E-state index is 0.134. The van der Waals surface area contributed by atoms with E-state index in [4.69, 9.17) is 42.8 Å². The van der Waals surface area contributed by atoms with Gasteiger partial charge in [0.2, 0.25) is 0 Å². The number of likely N-dealkylation sites (tertiary alicyclic amines) is 2. The van der Waals surface area contributed by atoms with Crippen LogP contribution in [0, 0.1) is 12.3 Å². The van der Waals surface area contributed by atoms with Crippen molar-refractivity contribution in [1.29, 1.82) is 5.41 Å². The Labute approximate surface area is 344 Å². The first-order chi connectivity index (χ1) is 27.5. The number of aliphatic hydroxyl groups is 4. The van der Waals surface area contributed by atoms with Crippen LogP contribution in [-0.4, -0.2) is 111 Å². The molecule has 12 nitrogen and oxygen atoms in total. The predicted octanol–water partition coefficient (Wildman–Crippen LogP) is 5.58. The molecule has 3 heterocycles. The SMILES string of the molecule is Cc1c(COc2cc(OCc3cncc(C(=N)N4CC[C@@H](O)C4)c3)c(CNC(C)(CO)CO)cc2Cl)cccc1-c1cccc(OCCCN2CC[C@@H](O)C2)c1Cl. The third-order valence-electron chi connectivity index (χ3n) is 10.7. The van der Waals surface area contributed by atoms with Crippen LogP contribution in [0.5, 0.6) is 17.2 Å². The summed E-state index contributed by atoms with van der Waals surface area (Å²) in [4.78, 5) is 8.43. The Hall–Kier alpha value is -3.98. The van der Waals surface area contributed by atoms with Gasteiger partial charge in [-0.2, -0.15) is 0 Å². The molecule has 14 heteroatoms. The van der Waals surface area contributed by atoms with E-state index in [2.05, 4.69) is 15.2 Å². The lowest BCUT2D eigenvalue weighted by Crippen LogP contribution is -2.48. The van der Waals surface area contributed by atoms with Crippen molar-refractivity contribution in [3.63, 3.8) is 0 Å². The Morgan fingerprint density at radius 3 is 2.35 bits per heavy atom. The minimum Gasteiger partial charge on any atom is -0.492 e. The highest BCUT2D eigenvalue weighted by Crippen LogP contribution is 2.39. The summed E-state index contributed by atoms with van der Waals surface area (Å²) in [6.45, 7) is 7.79. The number of benzene rings is 3. The maximum atomic E-state index is 9.97. The number of nitrogens with one attached hydrogen (secondary N) is 2. The maximum absolute atomic E-state index is 9.97. The fraction of sp³-hybridized carbons (Fsp3) is 0.442. The Morgan fingerprint density at radius 1 is 0.877 bits per heavy atom. The van der Waals surface area contributed by atoms with Gasteiger partial charge in [-0.1, -0.05) is 53.5 Å². The first kappa shape index (κ1) is 42.6. The van der Waals surface area contributed by atoms with Crippen molar-refractivity contribution in [2.45, 2.75) is 70.6 Å². The molecule has 2 atom stereocenters. The first-order valence-corrected chi connectivity index (χ1v) is 20.1. The van der Waals surface area contributed by atoms with E-state index in [0.29, 0.717) is 76.9 Å². The van der Waals surface area contributed by atoms with Gasteiger partial charge in [-0.25, -0.2) is 0 Å². The van der Waals surface area contributed by atoms with E-state index < -0.39 is 11.6 Å². The number of hydrogen-bond donors (Lipinski definition) is 6. The summed E-state index contributed by atoms with van der Waals surface area (Å²) in [7, 11) is 0. The number of β-amino-alcohol motifs (C(OH)–C–C–N with tert-alkyl or cyclic N) is 2. The van der Waals surface area contributed by atoms with Gasteiger partial charge in [0, 0.05) is 80.0 Å². The fourth-order valence-electron chi connectivity index (χ4n) is 7.02. The summed E-state index contributed by atoms with van der Waals surface area (Å²) in [5.74, 6) is 1.81. The lowest BCUT2D eigenvalue weighted by Gasteiger charge is -2.27. The molecule has 2 saturated heterocycles. The quantitative estimate of drug-likeness (QED) is 0.0422. The lowest BCUT2D eigenvalue weighted by atomic mass is 9.96. The second kappa shape index (κ2) is 19.6. The fourth-order valence-corrected chi connectivity index (χ4v) is 7.54. The summed E-state index contributed by atoms with van der Waals surface area (Å²) < 4.78 is 18.8. The molecule has 0 spiro atoms. The molecule has 0 radical (unpaired) electrons. The van der Waals surface area contributed by atoms with Crippen LogP contribution in [0.2, 0.25) is 10.0 Å². The highest BCUT2D eigenvalue weighted by atomic mass is 35.5. The number of hydrogen-bond acceptors (Lipinski definition) is 11. The molecule has 306 valence electrons. The first-order valence-electron chi connectivity index (χ1n) is 19.4. The zero-order chi connectivity index (χ0) is 40.5. The number of aliphatic hydroxyl groups excluding tert-OH is 4. The number of halogens is 2. The number of amidine groups is 1. The molecule has 6 N–H and O–H groups in total. The van der Waals surface area contributed by atoms with Gasteiger partial charge < -0.3 is 49.8 Å². The van der Waals surface area contributed by atoms with Crippen LogP contribution in [0.1, 0.15) is 54.0 Å². The van der Waals surface area contributed by atoms with E-state index in [9.17, 15) is 20.4 Å². The zero-order valence-corrected chi connectivity index (χ0v) is 34.0. The van der Waals surface area contributed by atoms with Crippen molar-refractivity contribution < 1.29 is 34.6 Å². The molecule has 2 aliphatic rings. The molecule has 0 amide bonds. The van der Waals surface area contributed by atoms with Crippen LogP contribution in [0.25, 0.3) is 11.1 Å². The van der Waals surface area contributed by atoms with E-state index in [1.165, 1.54) is 0 Å². The highest BCUT2D eigenvalue weighted by molar-refractivity contribution is 6.35. The summed E-state index contributed by atoms with van der Waals surface area (Å²) in [6, 6.07) is 17.1. The van der Waals surface area contributed by atoms with Gasteiger partial charge >= 0.3 is 0 Å². The van der Waals surface area contributed by atoms with Gasteiger partial charge in [0.05, 0.1) is 47.6 Å². The largest absolute Gasteiger partial charge is 0.492 e. The topological polar surface area (TPSA) is 164 Å². The summed E-state index contributed by atoms with van der Waals surface area (Å²) >= 11 is 13.8. The van der Waals surface area contributed by atoms with Crippen molar-refractivity contribution in [2.75, 3.05) is 52.5 Å². The molecule has 0 unspecified atom stereocenters. The smallest absolute Gasteiger partial charge is 0.142 e.